The number of carbonyl (C=O) groups excluding carboxylic acids is 2. The van der Waals surface area contributed by atoms with Gasteiger partial charge in [-0.1, -0.05) is 78.8 Å². The van der Waals surface area contributed by atoms with Crippen molar-refractivity contribution in [3.63, 3.8) is 0 Å². The van der Waals surface area contributed by atoms with Gasteiger partial charge >= 0.3 is 0 Å². The first-order valence-electron chi connectivity index (χ1n) is 11.4. The van der Waals surface area contributed by atoms with Crippen molar-refractivity contribution in [3.8, 4) is 0 Å². The molecule has 0 fully saturated rings. The molecule has 0 radical (unpaired) electrons. The van der Waals surface area contributed by atoms with E-state index in [-0.39, 0.29) is 17.7 Å². The summed E-state index contributed by atoms with van der Waals surface area (Å²) in [6, 6.07) is 7.61. The van der Waals surface area contributed by atoms with Gasteiger partial charge in [-0.3, -0.25) is 14.1 Å². The fourth-order valence-electron chi connectivity index (χ4n) is 4.06. The number of likely N-dealkylation sites (N-methyl/N-ethyl adjacent to an activating group) is 2. The Morgan fingerprint density at radius 1 is 1.03 bits per heavy atom. The van der Waals surface area contributed by atoms with E-state index < -0.39 is 39.1 Å². The summed E-state index contributed by atoms with van der Waals surface area (Å²) in [5, 5.41) is 6.73. The Hall–Kier alpha value is -2.23. The minimum absolute atomic E-state index is 0.134. The van der Waals surface area contributed by atoms with Crippen LogP contribution >= 0.6 is 0 Å². The van der Waals surface area contributed by atoms with E-state index in [1.54, 1.807) is 14.1 Å². The average Bonchev–Trinajstić information content (AvgIpc) is 2.70. The molecule has 1 rings (SSSR count). The molecule has 0 saturated carbocycles. The zero-order valence-corrected chi connectivity index (χ0v) is 22.6. The molecule has 1 aromatic carbocycles. The van der Waals surface area contributed by atoms with Gasteiger partial charge < -0.3 is 15.5 Å². The standard InChI is InChI=1S/C25H41N3O5S/c1-17(2)19(15-16-34(31,32)33)28(9)23(30)21(24(3,4)5)27-22(29)20(26-8)25(6,7)18-13-11-10-12-14-18/h10-17,19-21,26H,1-9H3,(H,27,29)(H,31,32,33)/t19-,20-,21-/m1/s1. The maximum Gasteiger partial charge on any atom is 0.287 e. The molecule has 8 nitrogen and oxygen atoms in total. The highest BCUT2D eigenvalue weighted by atomic mass is 32.2. The Labute approximate surface area is 204 Å². The molecule has 0 spiro atoms. The summed E-state index contributed by atoms with van der Waals surface area (Å²) in [4.78, 5) is 28.5. The summed E-state index contributed by atoms with van der Waals surface area (Å²) in [6.07, 6.45) is 1.29. The second-order valence-electron chi connectivity index (χ2n) is 10.6. The molecule has 9 heteroatoms. The van der Waals surface area contributed by atoms with E-state index in [4.69, 9.17) is 4.55 Å². The van der Waals surface area contributed by atoms with E-state index in [2.05, 4.69) is 10.6 Å². The third-order valence-electron chi connectivity index (χ3n) is 6.12. The van der Waals surface area contributed by atoms with Gasteiger partial charge in [-0.15, -0.1) is 0 Å². The van der Waals surface area contributed by atoms with E-state index in [9.17, 15) is 18.0 Å². The van der Waals surface area contributed by atoms with Crippen molar-refractivity contribution < 1.29 is 22.6 Å². The Kier molecular flexibility index (Phi) is 10.0. The van der Waals surface area contributed by atoms with Crippen LogP contribution in [0.1, 0.15) is 54.0 Å². The van der Waals surface area contributed by atoms with E-state index in [1.807, 2.05) is 78.8 Å². The van der Waals surface area contributed by atoms with Crippen molar-refractivity contribution in [1.82, 2.24) is 15.5 Å². The highest BCUT2D eigenvalue weighted by Gasteiger charge is 2.41. The van der Waals surface area contributed by atoms with Crippen LogP contribution in [0.15, 0.2) is 41.8 Å². The first-order chi connectivity index (χ1) is 15.4. The van der Waals surface area contributed by atoms with Crippen LogP contribution in [0.4, 0.5) is 0 Å². The second-order valence-corrected chi connectivity index (χ2v) is 11.9. The van der Waals surface area contributed by atoms with Gasteiger partial charge in [0.2, 0.25) is 11.8 Å². The fourth-order valence-corrected chi connectivity index (χ4v) is 4.42. The maximum absolute atomic E-state index is 13.6. The molecule has 0 bridgehead atoms. The first-order valence-corrected chi connectivity index (χ1v) is 12.9. The molecule has 0 unspecified atom stereocenters. The number of carbonyl (C=O) groups is 2. The summed E-state index contributed by atoms with van der Waals surface area (Å²) >= 11 is 0. The van der Waals surface area contributed by atoms with Crippen molar-refractivity contribution in [2.75, 3.05) is 14.1 Å². The number of amides is 2. The largest absolute Gasteiger partial charge is 0.342 e. The second kappa shape index (κ2) is 11.5. The number of nitrogens with zero attached hydrogens (tertiary/aromatic N) is 1. The molecule has 34 heavy (non-hydrogen) atoms. The minimum Gasteiger partial charge on any atom is -0.342 e. The zero-order valence-electron chi connectivity index (χ0n) is 21.8. The van der Waals surface area contributed by atoms with Crippen LogP contribution in [-0.4, -0.2) is 61.9 Å². The van der Waals surface area contributed by atoms with Gasteiger partial charge in [-0.25, -0.2) is 0 Å². The van der Waals surface area contributed by atoms with Crippen molar-refractivity contribution in [2.24, 2.45) is 11.3 Å². The number of hydrogen-bond acceptors (Lipinski definition) is 5. The zero-order chi connectivity index (χ0) is 26.5. The van der Waals surface area contributed by atoms with Gasteiger partial charge in [-0.2, -0.15) is 8.42 Å². The Bertz CT molecular complexity index is 966. The molecule has 3 N–H and O–H groups in total. The van der Waals surface area contributed by atoms with Crippen molar-refractivity contribution in [1.29, 1.82) is 0 Å². The van der Waals surface area contributed by atoms with Crippen LogP contribution in [-0.2, 0) is 25.1 Å². The average molecular weight is 496 g/mol. The lowest BCUT2D eigenvalue weighted by Gasteiger charge is -2.39. The predicted octanol–water partition coefficient (Wildman–Crippen LogP) is 2.97. The summed E-state index contributed by atoms with van der Waals surface area (Å²) in [5.74, 6) is -0.801. The van der Waals surface area contributed by atoms with E-state index in [0.717, 1.165) is 5.56 Å². The van der Waals surface area contributed by atoms with E-state index in [1.165, 1.54) is 11.0 Å². The van der Waals surface area contributed by atoms with Crippen LogP contribution in [0.2, 0.25) is 0 Å². The van der Waals surface area contributed by atoms with Gasteiger partial charge in [-0.05, 0) is 30.0 Å². The Balaban J connectivity index is 3.27. The van der Waals surface area contributed by atoms with Crippen LogP contribution in [0.5, 0.6) is 0 Å². The molecule has 3 atom stereocenters. The normalized spacial score (nSPS) is 15.7. The highest BCUT2D eigenvalue weighted by molar-refractivity contribution is 7.88. The van der Waals surface area contributed by atoms with Crippen LogP contribution < -0.4 is 10.6 Å². The number of nitrogens with one attached hydrogen (secondary N) is 2. The highest BCUT2D eigenvalue weighted by Crippen LogP contribution is 2.29. The summed E-state index contributed by atoms with van der Waals surface area (Å²) < 4.78 is 31.5. The van der Waals surface area contributed by atoms with Crippen molar-refractivity contribution in [3.05, 3.63) is 47.4 Å². The molecule has 0 aliphatic heterocycles. The Morgan fingerprint density at radius 2 is 1.56 bits per heavy atom. The van der Waals surface area contributed by atoms with Gasteiger partial charge in [0, 0.05) is 12.5 Å². The van der Waals surface area contributed by atoms with Gasteiger partial charge in [0.1, 0.15) is 6.04 Å². The fraction of sp³-hybridized carbons (Fsp3) is 0.600. The van der Waals surface area contributed by atoms with Crippen LogP contribution in [0.3, 0.4) is 0 Å². The lowest BCUT2D eigenvalue weighted by molar-refractivity contribution is -0.140. The molecular formula is C25H41N3O5S. The monoisotopic (exact) mass is 495 g/mol. The van der Waals surface area contributed by atoms with Gasteiger partial charge in [0.25, 0.3) is 10.1 Å². The summed E-state index contributed by atoms with van der Waals surface area (Å²) in [7, 11) is -1.06. The van der Waals surface area contributed by atoms with Crippen LogP contribution in [0, 0.1) is 11.3 Å². The number of hydrogen-bond donors (Lipinski definition) is 3. The molecule has 1 aromatic rings. The minimum atomic E-state index is -4.33. The molecule has 192 valence electrons. The number of benzene rings is 1. The topological polar surface area (TPSA) is 116 Å². The lowest BCUT2D eigenvalue weighted by atomic mass is 9.76. The molecule has 0 aliphatic carbocycles. The first kappa shape index (κ1) is 29.8. The third-order valence-corrected chi connectivity index (χ3v) is 6.62. The lowest BCUT2D eigenvalue weighted by Crippen LogP contribution is -2.61. The molecule has 0 aromatic heterocycles. The molecule has 0 aliphatic rings. The summed E-state index contributed by atoms with van der Waals surface area (Å²) in [6.45, 7) is 13.2. The maximum atomic E-state index is 13.6. The summed E-state index contributed by atoms with van der Waals surface area (Å²) in [5.41, 5.74) is -0.198. The van der Waals surface area contributed by atoms with Crippen LogP contribution in [0.25, 0.3) is 0 Å². The molecule has 0 heterocycles. The molecule has 0 saturated heterocycles. The third kappa shape index (κ3) is 7.92. The predicted molar refractivity (Wildman–Crippen MR) is 136 cm³/mol. The Morgan fingerprint density at radius 3 is 1.97 bits per heavy atom. The smallest absolute Gasteiger partial charge is 0.287 e. The van der Waals surface area contributed by atoms with Gasteiger partial charge in [0.15, 0.2) is 0 Å². The van der Waals surface area contributed by atoms with Gasteiger partial charge in [0.05, 0.1) is 17.5 Å². The quantitative estimate of drug-likeness (QED) is 0.430. The molecule has 2 amide bonds. The molecular weight excluding hydrogens is 454 g/mol. The number of rotatable bonds is 10. The van der Waals surface area contributed by atoms with E-state index >= 15 is 0 Å². The SMILES string of the molecule is CN[C@H](C(=O)N[C@H](C(=O)N(C)[C@H](C=CS(=O)(=O)O)C(C)C)C(C)(C)C)C(C)(C)c1ccccc1. The van der Waals surface area contributed by atoms with E-state index in [0.29, 0.717) is 5.41 Å². The van der Waals surface area contributed by atoms with Crippen molar-refractivity contribution >= 4 is 21.9 Å². The van der Waals surface area contributed by atoms with Crippen molar-refractivity contribution in [2.45, 2.75) is 72.0 Å².